The standard InChI is InChI=1S/C14H21N3O/c1-11-6-2-3-8-13(11)17-14(18)16-12-7-4-5-9-15-10-12/h2-3,6,8,12,15H,4-5,7,9-10H2,1H3,(H2,16,17,18). The van der Waals surface area contributed by atoms with Crippen LogP contribution in [0.2, 0.25) is 0 Å². The highest BCUT2D eigenvalue weighted by molar-refractivity contribution is 5.90. The third kappa shape index (κ3) is 3.74. The number of nitrogens with one attached hydrogen (secondary N) is 3. The summed E-state index contributed by atoms with van der Waals surface area (Å²) in [5, 5.41) is 9.26. The van der Waals surface area contributed by atoms with Gasteiger partial charge in [-0.15, -0.1) is 0 Å². The molecule has 0 aromatic heterocycles. The number of urea groups is 1. The molecule has 2 rings (SSSR count). The van der Waals surface area contributed by atoms with Crippen molar-refractivity contribution in [3.8, 4) is 0 Å². The lowest BCUT2D eigenvalue weighted by atomic mass is 10.1. The second-order valence-corrected chi connectivity index (χ2v) is 4.81. The van der Waals surface area contributed by atoms with Crippen LogP contribution in [-0.4, -0.2) is 25.2 Å². The van der Waals surface area contributed by atoms with Gasteiger partial charge < -0.3 is 16.0 Å². The van der Waals surface area contributed by atoms with Crippen LogP contribution in [0.5, 0.6) is 0 Å². The largest absolute Gasteiger partial charge is 0.334 e. The minimum atomic E-state index is -0.113. The Hall–Kier alpha value is -1.55. The highest BCUT2D eigenvalue weighted by Gasteiger charge is 2.14. The summed E-state index contributed by atoms with van der Waals surface area (Å²) < 4.78 is 0. The van der Waals surface area contributed by atoms with E-state index in [0.717, 1.165) is 30.8 Å². The minimum Gasteiger partial charge on any atom is -0.334 e. The Morgan fingerprint density at radius 3 is 3.00 bits per heavy atom. The highest BCUT2D eigenvalue weighted by Crippen LogP contribution is 2.13. The van der Waals surface area contributed by atoms with E-state index in [4.69, 9.17) is 0 Å². The van der Waals surface area contributed by atoms with E-state index in [2.05, 4.69) is 16.0 Å². The first kappa shape index (κ1) is 12.9. The SMILES string of the molecule is Cc1ccccc1NC(=O)NC1CCCCNC1. The number of anilines is 1. The zero-order chi connectivity index (χ0) is 12.8. The number of amides is 2. The van der Waals surface area contributed by atoms with Gasteiger partial charge in [0.2, 0.25) is 0 Å². The summed E-state index contributed by atoms with van der Waals surface area (Å²) in [4.78, 5) is 11.9. The van der Waals surface area contributed by atoms with E-state index in [0.29, 0.717) is 0 Å². The molecular formula is C14H21N3O. The smallest absolute Gasteiger partial charge is 0.319 e. The fraction of sp³-hybridized carbons (Fsp3) is 0.500. The van der Waals surface area contributed by atoms with E-state index in [-0.39, 0.29) is 12.1 Å². The Kier molecular flexibility index (Phi) is 4.59. The van der Waals surface area contributed by atoms with Crippen molar-refractivity contribution in [1.82, 2.24) is 10.6 Å². The second-order valence-electron chi connectivity index (χ2n) is 4.81. The maximum atomic E-state index is 11.9. The Morgan fingerprint density at radius 2 is 2.17 bits per heavy atom. The van der Waals surface area contributed by atoms with E-state index >= 15 is 0 Å². The number of aryl methyl sites for hydroxylation is 1. The van der Waals surface area contributed by atoms with Gasteiger partial charge in [0.15, 0.2) is 0 Å². The molecule has 1 aliphatic heterocycles. The van der Waals surface area contributed by atoms with Crippen molar-refractivity contribution in [2.75, 3.05) is 18.4 Å². The van der Waals surface area contributed by atoms with Gasteiger partial charge in [0.25, 0.3) is 0 Å². The van der Waals surface area contributed by atoms with E-state index in [1.165, 1.54) is 12.8 Å². The Balaban J connectivity index is 1.86. The molecule has 4 heteroatoms. The molecule has 0 saturated carbocycles. The van der Waals surface area contributed by atoms with Crippen molar-refractivity contribution < 1.29 is 4.79 Å². The van der Waals surface area contributed by atoms with Crippen LogP contribution in [0.1, 0.15) is 24.8 Å². The van der Waals surface area contributed by atoms with Crippen LogP contribution < -0.4 is 16.0 Å². The topological polar surface area (TPSA) is 53.2 Å². The predicted octanol–water partition coefficient (Wildman–Crippen LogP) is 2.26. The molecule has 1 atom stereocenters. The number of para-hydroxylation sites is 1. The summed E-state index contributed by atoms with van der Waals surface area (Å²) in [5.74, 6) is 0. The van der Waals surface area contributed by atoms with Gasteiger partial charge in [-0.3, -0.25) is 0 Å². The average Bonchev–Trinajstić information content (AvgIpc) is 2.61. The van der Waals surface area contributed by atoms with Crippen LogP contribution in [0.3, 0.4) is 0 Å². The molecule has 1 heterocycles. The Labute approximate surface area is 108 Å². The number of carbonyl (C=O) groups is 1. The van der Waals surface area contributed by atoms with Crippen molar-refractivity contribution in [2.24, 2.45) is 0 Å². The average molecular weight is 247 g/mol. The molecule has 2 amide bonds. The first-order valence-electron chi connectivity index (χ1n) is 6.59. The van der Waals surface area contributed by atoms with Crippen LogP contribution in [0.4, 0.5) is 10.5 Å². The number of hydrogen-bond donors (Lipinski definition) is 3. The zero-order valence-electron chi connectivity index (χ0n) is 10.8. The molecule has 0 spiro atoms. The molecule has 1 aliphatic rings. The first-order chi connectivity index (χ1) is 8.75. The number of hydrogen-bond acceptors (Lipinski definition) is 2. The lowest BCUT2D eigenvalue weighted by molar-refractivity contribution is 0.247. The number of benzene rings is 1. The summed E-state index contributed by atoms with van der Waals surface area (Å²) in [6.07, 6.45) is 3.41. The van der Waals surface area contributed by atoms with Gasteiger partial charge in [-0.2, -0.15) is 0 Å². The molecular weight excluding hydrogens is 226 g/mol. The summed E-state index contributed by atoms with van der Waals surface area (Å²) in [6, 6.07) is 7.92. The van der Waals surface area contributed by atoms with Gasteiger partial charge in [-0.05, 0) is 37.9 Å². The van der Waals surface area contributed by atoms with Gasteiger partial charge in [0.05, 0.1) is 0 Å². The molecule has 3 N–H and O–H groups in total. The Bertz CT molecular complexity index is 398. The van der Waals surface area contributed by atoms with Crippen molar-refractivity contribution >= 4 is 11.7 Å². The zero-order valence-corrected chi connectivity index (χ0v) is 10.8. The summed E-state index contributed by atoms with van der Waals surface area (Å²) in [7, 11) is 0. The maximum Gasteiger partial charge on any atom is 0.319 e. The Morgan fingerprint density at radius 1 is 1.33 bits per heavy atom. The summed E-state index contributed by atoms with van der Waals surface area (Å²) in [5.41, 5.74) is 1.95. The van der Waals surface area contributed by atoms with E-state index in [1.807, 2.05) is 31.2 Å². The van der Waals surface area contributed by atoms with Crippen molar-refractivity contribution in [2.45, 2.75) is 32.2 Å². The van der Waals surface area contributed by atoms with Gasteiger partial charge in [-0.1, -0.05) is 24.6 Å². The molecule has 0 bridgehead atoms. The van der Waals surface area contributed by atoms with Crippen molar-refractivity contribution in [3.05, 3.63) is 29.8 Å². The lowest BCUT2D eigenvalue weighted by Gasteiger charge is -2.17. The van der Waals surface area contributed by atoms with E-state index < -0.39 is 0 Å². The predicted molar refractivity (Wildman–Crippen MR) is 73.8 cm³/mol. The molecule has 1 unspecified atom stereocenters. The third-order valence-corrected chi connectivity index (χ3v) is 3.28. The quantitative estimate of drug-likeness (QED) is 0.751. The monoisotopic (exact) mass is 247 g/mol. The highest BCUT2D eigenvalue weighted by atomic mass is 16.2. The first-order valence-corrected chi connectivity index (χ1v) is 6.59. The second kappa shape index (κ2) is 6.40. The van der Waals surface area contributed by atoms with Crippen LogP contribution in [-0.2, 0) is 0 Å². The molecule has 4 nitrogen and oxygen atoms in total. The molecule has 98 valence electrons. The van der Waals surface area contributed by atoms with Gasteiger partial charge >= 0.3 is 6.03 Å². The molecule has 0 radical (unpaired) electrons. The minimum absolute atomic E-state index is 0.113. The molecule has 1 saturated heterocycles. The number of rotatable bonds is 2. The fourth-order valence-electron chi connectivity index (χ4n) is 2.20. The van der Waals surface area contributed by atoms with E-state index in [1.54, 1.807) is 0 Å². The third-order valence-electron chi connectivity index (χ3n) is 3.28. The molecule has 1 aromatic carbocycles. The molecule has 1 aromatic rings. The molecule has 1 fully saturated rings. The van der Waals surface area contributed by atoms with Gasteiger partial charge in [0.1, 0.15) is 0 Å². The molecule has 18 heavy (non-hydrogen) atoms. The van der Waals surface area contributed by atoms with Crippen LogP contribution in [0.15, 0.2) is 24.3 Å². The van der Waals surface area contributed by atoms with Crippen LogP contribution >= 0.6 is 0 Å². The summed E-state index contributed by atoms with van der Waals surface area (Å²) >= 11 is 0. The van der Waals surface area contributed by atoms with Crippen molar-refractivity contribution in [1.29, 1.82) is 0 Å². The lowest BCUT2D eigenvalue weighted by Crippen LogP contribution is -2.43. The van der Waals surface area contributed by atoms with Crippen molar-refractivity contribution in [3.63, 3.8) is 0 Å². The van der Waals surface area contributed by atoms with Gasteiger partial charge in [0, 0.05) is 18.3 Å². The van der Waals surface area contributed by atoms with Crippen LogP contribution in [0.25, 0.3) is 0 Å². The van der Waals surface area contributed by atoms with Crippen LogP contribution in [0, 0.1) is 6.92 Å². The summed E-state index contributed by atoms with van der Waals surface area (Å²) in [6.45, 7) is 3.90. The molecule has 0 aliphatic carbocycles. The normalized spacial score (nSPS) is 19.9. The van der Waals surface area contributed by atoms with E-state index in [9.17, 15) is 4.79 Å². The fourth-order valence-corrected chi connectivity index (χ4v) is 2.20. The van der Waals surface area contributed by atoms with Gasteiger partial charge in [-0.25, -0.2) is 4.79 Å². The maximum absolute atomic E-state index is 11.9. The number of carbonyl (C=O) groups excluding carboxylic acids is 1.